The number of nitrogens with one attached hydrogen (secondary N) is 2. The molecule has 1 aliphatic rings. The molecule has 0 fully saturated rings. The van der Waals surface area contributed by atoms with Gasteiger partial charge in [0.1, 0.15) is 0 Å². The molecule has 16 heavy (non-hydrogen) atoms. The van der Waals surface area contributed by atoms with Gasteiger partial charge >= 0.3 is 0 Å². The molecular formula is C10H10F2N2O2. The van der Waals surface area contributed by atoms with E-state index in [1.807, 2.05) is 0 Å². The van der Waals surface area contributed by atoms with Crippen LogP contribution in [0.3, 0.4) is 0 Å². The summed E-state index contributed by atoms with van der Waals surface area (Å²) in [5.74, 6) is -2.64. The second-order valence-corrected chi connectivity index (χ2v) is 3.41. The van der Waals surface area contributed by atoms with E-state index in [1.54, 1.807) is 7.05 Å². The maximum atomic E-state index is 13.5. The normalized spacial score (nSPS) is 14.1. The van der Waals surface area contributed by atoms with E-state index in [-0.39, 0.29) is 36.1 Å². The molecule has 0 bridgehead atoms. The SMILES string of the molecule is CNCc1cc2c(c(F)c1F)OCC(=O)N2. The number of amides is 1. The third-order valence-corrected chi connectivity index (χ3v) is 2.23. The van der Waals surface area contributed by atoms with Crippen LogP contribution in [0.4, 0.5) is 14.5 Å². The van der Waals surface area contributed by atoms with Gasteiger partial charge < -0.3 is 15.4 Å². The Hall–Kier alpha value is -1.69. The number of fused-ring (bicyclic) bond motifs is 1. The minimum Gasteiger partial charge on any atom is -0.478 e. The number of hydrogen-bond donors (Lipinski definition) is 2. The van der Waals surface area contributed by atoms with Crippen LogP contribution >= 0.6 is 0 Å². The van der Waals surface area contributed by atoms with Crippen molar-refractivity contribution in [3.05, 3.63) is 23.3 Å². The number of carbonyl (C=O) groups is 1. The molecular weight excluding hydrogens is 218 g/mol. The van der Waals surface area contributed by atoms with E-state index in [2.05, 4.69) is 10.6 Å². The summed E-state index contributed by atoms with van der Waals surface area (Å²) < 4.78 is 31.8. The van der Waals surface area contributed by atoms with Gasteiger partial charge in [-0.2, -0.15) is 4.39 Å². The van der Waals surface area contributed by atoms with Gasteiger partial charge in [-0.25, -0.2) is 4.39 Å². The molecule has 0 radical (unpaired) electrons. The largest absolute Gasteiger partial charge is 0.478 e. The van der Waals surface area contributed by atoms with E-state index in [9.17, 15) is 13.6 Å². The molecule has 86 valence electrons. The Morgan fingerprint density at radius 3 is 2.94 bits per heavy atom. The number of halogens is 2. The van der Waals surface area contributed by atoms with Crippen LogP contribution in [0.2, 0.25) is 0 Å². The summed E-state index contributed by atoms with van der Waals surface area (Å²) in [7, 11) is 1.62. The quantitative estimate of drug-likeness (QED) is 0.794. The predicted octanol–water partition coefficient (Wildman–Crippen LogP) is 1.02. The van der Waals surface area contributed by atoms with Gasteiger partial charge in [-0.15, -0.1) is 0 Å². The minimum atomic E-state index is -1.07. The summed E-state index contributed by atoms with van der Waals surface area (Å²) in [5, 5.41) is 5.14. The maximum absolute atomic E-state index is 13.5. The molecule has 0 unspecified atom stereocenters. The molecule has 0 saturated carbocycles. The van der Waals surface area contributed by atoms with Crippen molar-refractivity contribution in [1.82, 2.24) is 5.32 Å². The number of hydrogen-bond acceptors (Lipinski definition) is 3. The van der Waals surface area contributed by atoms with Crippen molar-refractivity contribution in [2.45, 2.75) is 6.54 Å². The molecule has 1 aromatic carbocycles. The molecule has 0 aromatic heterocycles. The molecule has 0 spiro atoms. The summed E-state index contributed by atoms with van der Waals surface area (Å²) in [6.45, 7) is -0.124. The lowest BCUT2D eigenvalue weighted by atomic mass is 10.1. The summed E-state index contributed by atoms with van der Waals surface area (Å²) >= 11 is 0. The summed E-state index contributed by atoms with van der Waals surface area (Å²) in [6, 6.07) is 1.36. The second-order valence-electron chi connectivity index (χ2n) is 3.41. The van der Waals surface area contributed by atoms with Crippen molar-refractivity contribution in [2.75, 3.05) is 19.0 Å². The predicted molar refractivity (Wildman–Crippen MR) is 53.2 cm³/mol. The second kappa shape index (κ2) is 4.05. The minimum absolute atomic E-state index is 0.143. The van der Waals surface area contributed by atoms with Gasteiger partial charge in [-0.1, -0.05) is 0 Å². The number of benzene rings is 1. The van der Waals surface area contributed by atoms with Crippen LogP contribution in [0.25, 0.3) is 0 Å². The van der Waals surface area contributed by atoms with E-state index in [0.717, 1.165) is 0 Å². The van der Waals surface area contributed by atoms with Crippen molar-refractivity contribution in [3.63, 3.8) is 0 Å². The number of carbonyl (C=O) groups excluding carboxylic acids is 1. The molecule has 0 aliphatic carbocycles. The van der Waals surface area contributed by atoms with Crippen LogP contribution in [0.15, 0.2) is 6.07 Å². The third kappa shape index (κ3) is 1.71. The summed E-state index contributed by atoms with van der Waals surface area (Å²) in [5.41, 5.74) is 0.310. The van der Waals surface area contributed by atoms with Gasteiger partial charge in [0.15, 0.2) is 18.2 Å². The fourth-order valence-electron chi connectivity index (χ4n) is 1.54. The van der Waals surface area contributed by atoms with Gasteiger partial charge in [-0.05, 0) is 13.1 Å². The average molecular weight is 228 g/mol. The topological polar surface area (TPSA) is 50.4 Å². The van der Waals surface area contributed by atoms with Crippen LogP contribution in [0.5, 0.6) is 5.75 Å². The van der Waals surface area contributed by atoms with Gasteiger partial charge in [0.2, 0.25) is 5.82 Å². The lowest BCUT2D eigenvalue weighted by molar-refractivity contribution is -0.118. The first-order chi connectivity index (χ1) is 7.63. The highest BCUT2D eigenvalue weighted by Crippen LogP contribution is 2.34. The van der Waals surface area contributed by atoms with Crippen LogP contribution in [-0.2, 0) is 11.3 Å². The van der Waals surface area contributed by atoms with Crippen LogP contribution in [-0.4, -0.2) is 19.6 Å². The standard InChI is InChI=1S/C10H10F2N2O2/c1-13-3-5-2-6-10(9(12)8(5)11)16-4-7(15)14-6/h2,13H,3-4H2,1H3,(H,14,15). The zero-order valence-electron chi connectivity index (χ0n) is 8.56. The molecule has 2 N–H and O–H groups in total. The van der Waals surface area contributed by atoms with Crippen molar-refractivity contribution >= 4 is 11.6 Å². The van der Waals surface area contributed by atoms with Gasteiger partial charge in [-0.3, -0.25) is 4.79 Å². The third-order valence-electron chi connectivity index (χ3n) is 2.23. The van der Waals surface area contributed by atoms with Crippen molar-refractivity contribution in [1.29, 1.82) is 0 Å². The monoisotopic (exact) mass is 228 g/mol. The number of ether oxygens (including phenoxy) is 1. The first-order valence-electron chi connectivity index (χ1n) is 4.71. The van der Waals surface area contributed by atoms with Crippen molar-refractivity contribution < 1.29 is 18.3 Å². The lowest BCUT2D eigenvalue weighted by Gasteiger charge is -2.19. The Morgan fingerprint density at radius 1 is 1.50 bits per heavy atom. The molecule has 1 aliphatic heterocycles. The van der Waals surface area contributed by atoms with E-state index >= 15 is 0 Å². The highest BCUT2D eigenvalue weighted by molar-refractivity contribution is 5.95. The van der Waals surface area contributed by atoms with Gasteiger partial charge in [0, 0.05) is 12.1 Å². The summed E-state index contributed by atoms with van der Waals surface area (Å²) in [6.07, 6.45) is 0. The highest BCUT2D eigenvalue weighted by Gasteiger charge is 2.24. The van der Waals surface area contributed by atoms with Crippen LogP contribution in [0, 0.1) is 11.6 Å². The Morgan fingerprint density at radius 2 is 2.25 bits per heavy atom. The van der Waals surface area contributed by atoms with E-state index in [0.29, 0.717) is 0 Å². The van der Waals surface area contributed by atoms with Gasteiger partial charge in [0.05, 0.1) is 5.69 Å². The number of rotatable bonds is 2. The molecule has 1 amide bonds. The molecule has 4 nitrogen and oxygen atoms in total. The van der Waals surface area contributed by atoms with E-state index < -0.39 is 11.6 Å². The van der Waals surface area contributed by atoms with Crippen LogP contribution in [0.1, 0.15) is 5.56 Å². The molecule has 2 rings (SSSR count). The van der Waals surface area contributed by atoms with E-state index in [4.69, 9.17) is 4.74 Å². The lowest BCUT2D eigenvalue weighted by Crippen LogP contribution is -2.27. The molecule has 0 atom stereocenters. The van der Waals surface area contributed by atoms with Crippen LogP contribution < -0.4 is 15.4 Å². The smallest absolute Gasteiger partial charge is 0.262 e. The van der Waals surface area contributed by atoms with Crippen molar-refractivity contribution in [2.24, 2.45) is 0 Å². The molecule has 1 heterocycles. The zero-order chi connectivity index (χ0) is 11.7. The van der Waals surface area contributed by atoms with E-state index in [1.165, 1.54) is 6.07 Å². The Kier molecular flexibility index (Phi) is 2.74. The first-order valence-corrected chi connectivity index (χ1v) is 4.71. The highest BCUT2D eigenvalue weighted by atomic mass is 19.2. The van der Waals surface area contributed by atoms with Gasteiger partial charge in [0.25, 0.3) is 5.91 Å². The zero-order valence-corrected chi connectivity index (χ0v) is 8.56. The average Bonchev–Trinajstić information content (AvgIpc) is 2.25. The Labute approximate surface area is 90.6 Å². The number of anilines is 1. The maximum Gasteiger partial charge on any atom is 0.262 e. The Bertz CT molecular complexity index is 449. The first kappa shape index (κ1) is 10.8. The Balaban J connectivity index is 2.50. The fraction of sp³-hybridized carbons (Fsp3) is 0.300. The molecule has 6 heteroatoms. The summed E-state index contributed by atoms with van der Waals surface area (Å²) in [4.78, 5) is 11.0. The van der Waals surface area contributed by atoms with Crippen molar-refractivity contribution in [3.8, 4) is 5.75 Å². The molecule has 0 saturated heterocycles. The fourth-order valence-corrected chi connectivity index (χ4v) is 1.54. The molecule has 1 aromatic rings.